The molecule has 1 N–H and O–H groups in total. The van der Waals surface area contributed by atoms with Gasteiger partial charge in [0.2, 0.25) is 0 Å². The lowest BCUT2D eigenvalue weighted by molar-refractivity contribution is -0.139. The Morgan fingerprint density at radius 2 is 1.60 bits per heavy atom. The standard InChI is InChI=1S/C20H30N2O3/c1-21(2)17-8-15-10-18(11-16(15)9-17)22(3)12-14-4-6-19(7-5-14)25-13-20(23)24/h4-7,15-18H,8-13H2,1-3H3,(H,23,24)/t15-,16+,17?,18?. The Kier molecular flexibility index (Phi) is 5.64. The van der Waals surface area contributed by atoms with Gasteiger partial charge in [-0.2, -0.15) is 0 Å². The normalized spacial score (nSPS) is 28.5. The molecule has 5 nitrogen and oxygen atoms in total. The van der Waals surface area contributed by atoms with Gasteiger partial charge < -0.3 is 14.7 Å². The maximum Gasteiger partial charge on any atom is 0.341 e. The quantitative estimate of drug-likeness (QED) is 0.823. The lowest BCUT2D eigenvalue weighted by Gasteiger charge is -2.27. The minimum atomic E-state index is -0.952. The number of carboxylic acids is 1. The van der Waals surface area contributed by atoms with Crippen molar-refractivity contribution in [2.45, 2.75) is 44.3 Å². The van der Waals surface area contributed by atoms with Crippen LogP contribution in [0.3, 0.4) is 0 Å². The largest absolute Gasteiger partial charge is 0.482 e. The van der Waals surface area contributed by atoms with Gasteiger partial charge in [0.05, 0.1) is 0 Å². The molecule has 0 saturated heterocycles. The molecule has 2 unspecified atom stereocenters. The van der Waals surface area contributed by atoms with E-state index in [0.717, 1.165) is 24.4 Å². The van der Waals surface area contributed by atoms with Gasteiger partial charge in [-0.3, -0.25) is 4.90 Å². The van der Waals surface area contributed by atoms with E-state index in [1.54, 1.807) is 0 Å². The van der Waals surface area contributed by atoms with Gasteiger partial charge in [-0.1, -0.05) is 12.1 Å². The smallest absolute Gasteiger partial charge is 0.341 e. The molecule has 0 spiro atoms. The number of fused-ring (bicyclic) bond motifs is 1. The monoisotopic (exact) mass is 346 g/mol. The van der Waals surface area contributed by atoms with Crippen LogP contribution in [0.25, 0.3) is 0 Å². The van der Waals surface area contributed by atoms with Crippen LogP contribution in [0, 0.1) is 11.8 Å². The molecule has 0 heterocycles. The molecule has 0 aromatic heterocycles. The Morgan fingerprint density at radius 1 is 1.04 bits per heavy atom. The SMILES string of the molecule is CN(C)C1C[C@@H]2CC(N(C)Cc3ccc(OCC(=O)O)cc3)C[C@@H]2C1. The van der Waals surface area contributed by atoms with Gasteiger partial charge in [0.25, 0.3) is 0 Å². The van der Waals surface area contributed by atoms with Crippen LogP contribution in [-0.4, -0.2) is 60.7 Å². The summed E-state index contributed by atoms with van der Waals surface area (Å²) in [5, 5.41) is 8.65. The van der Waals surface area contributed by atoms with E-state index in [2.05, 4.69) is 30.9 Å². The van der Waals surface area contributed by atoms with Crippen molar-refractivity contribution in [3.8, 4) is 5.75 Å². The molecule has 25 heavy (non-hydrogen) atoms. The van der Waals surface area contributed by atoms with Gasteiger partial charge in [0, 0.05) is 18.6 Å². The summed E-state index contributed by atoms with van der Waals surface area (Å²) in [5.74, 6) is 1.45. The summed E-state index contributed by atoms with van der Waals surface area (Å²) in [6.45, 7) is 0.637. The number of carboxylic acid groups (broad SMARTS) is 1. The van der Waals surface area contributed by atoms with Gasteiger partial charge in [-0.05, 0) is 76.4 Å². The average Bonchev–Trinajstić information content (AvgIpc) is 3.13. The predicted octanol–water partition coefficient (Wildman–Crippen LogP) is 2.70. The number of hydrogen-bond acceptors (Lipinski definition) is 4. The third-order valence-corrected chi connectivity index (χ3v) is 6.04. The highest BCUT2D eigenvalue weighted by Crippen LogP contribution is 2.46. The molecule has 0 bridgehead atoms. The average molecular weight is 346 g/mol. The van der Waals surface area contributed by atoms with Gasteiger partial charge in [-0.25, -0.2) is 4.79 Å². The molecular weight excluding hydrogens is 316 g/mol. The summed E-state index contributed by atoms with van der Waals surface area (Å²) >= 11 is 0. The van der Waals surface area contributed by atoms with Crippen LogP contribution in [-0.2, 0) is 11.3 Å². The molecule has 1 aromatic rings. The highest BCUT2D eigenvalue weighted by Gasteiger charge is 2.43. The first-order chi connectivity index (χ1) is 11.9. The minimum absolute atomic E-state index is 0.294. The van der Waals surface area contributed by atoms with Crippen molar-refractivity contribution in [2.75, 3.05) is 27.7 Å². The Balaban J connectivity index is 1.49. The molecule has 1 aromatic carbocycles. The highest BCUT2D eigenvalue weighted by atomic mass is 16.5. The summed E-state index contributed by atoms with van der Waals surface area (Å²) in [6.07, 6.45) is 5.37. The zero-order chi connectivity index (χ0) is 18.0. The fraction of sp³-hybridized carbons (Fsp3) is 0.650. The predicted molar refractivity (Wildman–Crippen MR) is 97.8 cm³/mol. The van der Waals surface area contributed by atoms with E-state index in [1.165, 1.54) is 31.2 Å². The number of carbonyl (C=O) groups is 1. The Morgan fingerprint density at radius 3 is 2.12 bits per heavy atom. The van der Waals surface area contributed by atoms with Crippen LogP contribution in [0.15, 0.2) is 24.3 Å². The highest BCUT2D eigenvalue weighted by molar-refractivity contribution is 5.68. The van der Waals surface area contributed by atoms with Crippen LogP contribution >= 0.6 is 0 Å². The van der Waals surface area contributed by atoms with E-state index in [0.29, 0.717) is 11.8 Å². The van der Waals surface area contributed by atoms with E-state index in [4.69, 9.17) is 9.84 Å². The Labute approximate surface area is 150 Å². The summed E-state index contributed by atoms with van der Waals surface area (Å²) < 4.78 is 5.19. The molecule has 2 fully saturated rings. The number of hydrogen-bond donors (Lipinski definition) is 1. The molecule has 4 atom stereocenters. The van der Waals surface area contributed by atoms with Gasteiger partial charge in [0.15, 0.2) is 6.61 Å². The molecule has 0 aliphatic heterocycles. The zero-order valence-corrected chi connectivity index (χ0v) is 15.5. The van der Waals surface area contributed by atoms with Crippen LogP contribution in [0.1, 0.15) is 31.2 Å². The first-order valence-corrected chi connectivity index (χ1v) is 9.22. The molecule has 2 aliphatic rings. The molecule has 0 radical (unpaired) electrons. The number of benzene rings is 1. The molecule has 2 saturated carbocycles. The zero-order valence-electron chi connectivity index (χ0n) is 15.5. The summed E-state index contributed by atoms with van der Waals surface area (Å²) in [5.41, 5.74) is 1.24. The Hall–Kier alpha value is -1.59. The second-order valence-corrected chi connectivity index (χ2v) is 7.98. The molecular formula is C20H30N2O3. The number of rotatable bonds is 7. The summed E-state index contributed by atoms with van der Waals surface area (Å²) in [4.78, 5) is 15.4. The van der Waals surface area contributed by atoms with E-state index in [9.17, 15) is 4.79 Å². The maximum atomic E-state index is 10.5. The fourth-order valence-electron chi connectivity index (χ4n) is 4.59. The summed E-state index contributed by atoms with van der Waals surface area (Å²) in [6, 6.07) is 9.24. The van der Waals surface area contributed by atoms with E-state index >= 15 is 0 Å². The number of aliphatic carboxylic acids is 1. The first-order valence-electron chi connectivity index (χ1n) is 9.22. The van der Waals surface area contributed by atoms with Crippen molar-refractivity contribution in [2.24, 2.45) is 11.8 Å². The van der Waals surface area contributed by atoms with E-state index in [1.807, 2.05) is 24.3 Å². The molecule has 0 amide bonds. The molecule has 5 heteroatoms. The van der Waals surface area contributed by atoms with Crippen molar-refractivity contribution >= 4 is 5.97 Å². The van der Waals surface area contributed by atoms with Crippen molar-refractivity contribution in [1.82, 2.24) is 9.80 Å². The second-order valence-electron chi connectivity index (χ2n) is 7.98. The minimum Gasteiger partial charge on any atom is -0.482 e. The maximum absolute atomic E-state index is 10.5. The molecule has 2 aliphatic carbocycles. The second kappa shape index (κ2) is 7.75. The van der Waals surface area contributed by atoms with Crippen molar-refractivity contribution < 1.29 is 14.6 Å². The van der Waals surface area contributed by atoms with Crippen LogP contribution in [0.5, 0.6) is 5.75 Å². The van der Waals surface area contributed by atoms with Gasteiger partial charge in [0.1, 0.15) is 5.75 Å². The lowest BCUT2D eigenvalue weighted by atomic mass is 10.0. The summed E-state index contributed by atoms with van der Waals surface area (Å²) in [7, 11) is 6.64. The first kappa shape index (κ1) is 18.2. The van der Waals surface area contributed by atoms with E-state index < -0.39 is 5.97 Å². The van der Waals surface area contributed by atoms with Crippen molar-refractivity contribution in [3.63, 3.8) is 0 Å². The number of ether oxygens (including phenoxy) is 1. The van der Waals surface area contributed by atoms with Crippen molar-refractivity contribution in [1.29, 1.82) is 0 Å². The molecule has 138 valence electrons. The van der Waals surface area contributed by atoms with Crippen molar-refractivity contribution in [3.05, 3.63) is 29.8 Å². The van der Waals surface area contributed by atoms with Gasteiger partial charge >= 0.3 is 5.97 Å². The lowest BCUT2D eigenvalue weighted by Crippen LogP contribution is -2.31. The van der Waals surface area contributed by atoms with Gasteiger partial charge in [-0.15, -0.1) is 0 Å². The van der Waals surface area contributed by atoms with Crippen LogP contribution in [0.2, 0.25) is 0 Å². The third-order valence-electron chi connectivity index (χ3n) is 6.04. The third kappa shape index (κ3) is 4.53. The Bertz CT molecular complexity index is 573. The topological polar surface area (TPSA) is 53.0 Å². The van der Waals surface area contributed by atoms with Crippen LogP contribution in [0.4, 0.5) is 0 Å². The van der Waals surface area contributed by atoms with Crippen LogP contribution < -0.4 is 4.74 Å². The number of nitrogens with zero attached hydrogens (tertiary/aromatic N) is 2. The van der Waals surface area contributed by atoms with E-state index in [-0.39, 0.29) is 6.61 Å². The fourth-order valence-corrected chi connectivity index (χ4v) is 4.59. The molecule has 3 rings (SSSR count).